The van der Waals surface area contributed by atoms with E-state index in [-0.39, 0.29) is 0 Å². The second kappa shape index (κ2) is 3.93. The molecule has 3 heteroatoms. The number of para-hydroxylation sites is 1. The number of fused-ring (bicyclic) bond motifs is 1. The van der Waals surface area contributed by atoms with E-state index in [0.717, 1.165) is 35.1 Å². The van der Waals surface area contributed by atoms with Gasteiger partial charge in [0, 0.05) is 17.5 Å². The van der Waals surface area contributed by atoms with Crippen LogP contribution < -0.4 is 0 Å². The summed E-state index contributed by atoms with van der Waals surface area (Å²) in [5, 5.41) is 12.4. The molecule has 1 aliphatic heterocycles. The minimum absolute atomic E-state index is 0.687. The van der Waals surface area contributed by atoms with Crippen LogP contribution >= 0.6 is 0 Å². The summed E-state index contributed by atoms with van der Waals surface area (Å²) < 4.78 is 5.53. The predicted molar refractivity (Wildman–Crippen MR) is 66.5 cm³/mol. The lowest BCUT2D eigenvalue weighted by Gasteiger charge is -2.26. The summed E-state index contributed by atoms with van der Waals surface area (Å²) in [6, 6.07) is 7.91. The highest BCUT2D eigenvalue weighted by atomic mass is 16.5. The van der Waals surface area contributed by atoms with Gasteiger partial charge in [-0.2, -0.15) is 0 Å². The van der Waals surface area contributed by atoms with E-state index >= 15 is 0 Å². The Morgan fingerprint density at radius 1 is 1.29 bits per heavy atom. The van der Waals surface area contributed by atoms with Gasteiger partial charge in [0.1, 0.15) is 11.8 Å². The van der Waals surface area contributed by atoms with Crippen molar-refractivity contribution in [1.29, 1.82) is 0 Å². The molecule has 1 N–H and O–H groups in total. The van der Waals surface area contributed by atoms with Gasteiger partial charge in [0.25, 0.3) is 0 Å². The largest absolute Gasteiger partial charge is 0.464 e. The lowest BCUT2D eigenvalue weighted by molar-refractivity contribution is -0.0326. The molecule has 1 aromatic carbocycles. The maximum absolute atomic E-state index is 10.0. The topological polar surface area (TPSA) is 36.6 Å². The fourth-order valence-electron chi connectivity index (χ4n) is 2.47. The Labute approximate surface area is 99.9 Å². The van der Waals surface area contributed by atoms with Gasteiger partial charge in [-0.1, -0.05) is 18.2 Å². The van der Waals surface area contributed by atoms with E-state index in [4.69, 9.17) is 4.42 Å². The van der Waals surface area contributed by atoms with E-state index in [9.17, 15) is 5.21 Å². The number of benzene rings is 1. The zero-order valence-electron chi connectivity index (χ0n) is 9.81. The van der Waals surface area contributed by atoms with Crippen LogP contribution in [0.15, 0.2) is 40.5 Å². The molecule has 2 heterocycles. The molecule has 0 radical (unpaired) electrons. The van der Waals surface area contributed by atoms with Crippen molar-refractivity contribution < 1.29 is 9.62 Å². The number of rotatable bonds is 1. The molecule has 1 aliphatic rings. The summed E-state index contributed by atoms with van der Waals surface area (Å²) in [4.78, 5) is 0. The third kappa shape index (κ3) is 1.63. The molecular formula is C14H15NO2. The van der Waals surface area contributed by atoms with Gasteiger partial charge in [0.2, 0.25) is 0 Å². The first kappa shape index (κ1) is 10.4. The van der Waals surface area contributed by atoms with Crippen molar-refractivity contribution in [3.05, 3.63) is 41.7 Å². The smallest absolute Gasteiger partial charge is 0.134 e. The summed E-state index contributed by atoms with van der Waals surface area (Å²) in [5.74, 6) is 0. The zero-order valence-corrected chi connectivity index (χ0v) is 9.81. The molecule has 0 atom stereocenters. The van der Waals surface area contributed by atoms with Crippen LogP contribution in [0, 0.1) is 0 Å². The van der Waals surface area contributed by atoms with Crippen LogP contribution in [0.5, 0.6) is 0 Å². The Kier molecular flexibility index (Phi) is 2.41. The van der Waals surface area contributed by atoms with Crippen LogP contribution in [0.4, 0.5) is 0 Å². The van der Waals surface area contributed by atoms with Gasteiger partial charge in [-0.05, 0) is 31.4 Å². The molecular weight excluding hydrogens is 214 g/mol. The van der Waals surface area contributed by atoms with Crippen molar-refractivity contribution in [3.63, 3.8) is 0 Å². The Bertz CT molecular complexity index is 583. The Morgan fingerprint density at radius 2 is 2.12 bits per heavy atom. The summed E-state index contributed by atoms with van der Waals surface area (Å²) >= 11 is 0. The van der Waals surface area contributed by atoms with E-state index in [1.807, 2.05) is 24.3 Å². The SMILES string of the molecule is CC1=C(c2coc3ccccc23)N(O)CCC1. The van der Waals surface area contributed by atoms with Crippen molar-refractivity contribution in [2.45, 2.75) is 19.8 Å². The van der Waals surface area contributed by atoms with E-state index in [2.05, 4.69) is 6.92 Å². The molecule has 0 spiro atoms. The molecule has 2 aromatic rings. The van der Waals surface area contributed by atoms with Crippen LogP contribution in [0.25, 0.3) is 16.7 Å². The first-order valence-corrected chi connectivity index (χ1v) is 5.90. The Balaban J connectivity index is 2.21. The van der Waals surface area contributed by atoms with Crippen LogP contribution in [0.3, 0.4) is 0 Å². The van der Waals surface area contributed by atoms with E-state index in [1.165, 1.54) is 10.6 Å². The molecule has 0 unspecified atom stereocenters. The summed E-state index contributed by atoms with van der Waals surface area (Å²) in [5.41, 5.74) is 3.97. The van der Waals surface area contributed by atoms with Crippen molar-refractivity contribution in [2.75, 3.05) is 6.54 Å². The monoisotopic (exact) mass is 229 g/mol. The highest BCUT2D eigenvalue weighted by Gasteiger charge is 2.20. The molecule has 0 fully saturated rings. The van der Waals surface area contributed by atoms with Gasteiger partial charge >= 0.3 is 0 Å². The second-order valence-corrected chi connectivity index (χ2v) is 4.50. The number of furan rings is 1. The number of nitrogens with zero attached hydrogens (tertiary/aromatic N) is 1. The lowest BCUT2D eigenvalue weighted by atomic mass is 9.99. The molecule has 0 amide bonds. The lowest BCUT2D eigenvalue weighted by Crippen LogP contribution is -2.23. The zero-order chi connectivity index (χ0) is 11.8. The minimum Gasteiger partial charge on any atom is -0.464 e. The van der Waals surface area contributed by atoms with Crippen molar-refractivity contribution in [3.8, 4) is 0 Å². The summed E-state index contributed by atoms with van der Waals surface area (Å²) in [7, 11) is 0. The van der Waals surface area contributed by atoms with Gasteiger partial charge in [-0.3, -0.25) is 10.3 Å². The third-order valence-electron chi connectivity index (χ3n) is 3.32. The quantitative estimate of drug-likeness (QED) is 0.810. The maximum atomic E-state index is 10.0. The highest BCUT2D eigenvalue weighted by molar-refractivity contribution is 5.91. The Hall–Kier alpha value is -1.74. The van der Waals surface area contributed by atoms with Crippen molar-refractivity contribution in [1.82, 2.24) is 5.06 Å². The first-order valence-electron chi connectivity index (χ1n) is 5.90. The van der Waals surface area contributed by atoms with Gasteiger partial charge < -0.3 is 4.42 Å². The third-order valence-corrected chi connectivity index (χ3v) is 3.32. The number of allylic oxidation sites excluding steroid dienone is 1. The molecule has 3 rings (SSSR count). The van der Waals surface area contributed by atoms with Gasteiger partial charge in [0.15, 0.2) is 0 Å². The molecule has 0 saturated carbocycles. The molecule has 88 valence electrons. The molecule has 0 saturated heterocycles. The van der Waals surface area contributed by atoms with E-state index in [1.54, 1.807) is 6.26 Å². The Morgan fingerprint density at radius 3 is 2.94 bits per heavy atom. The molecule has 3 nitrogen and oxygen atoms in total. The van der Waals surface area contributed by atoms with Crippen molar-refractivity contribution in [2.24, 2.45) is 0 Å². The average Bonchev–Trinajstić information content (AvgIpc) is 2.73. The van der Waals surface area contributed by atoms with Gasteiger partial charge in [0.05, 0.1) is 5.70 Å². The van der Waals surface area contributed by atoms with E-state index < -0.39 is 0 Å². The maximum Gasteiger partial charge on any atom is 0.134 e. The van der Waals surface area contributed by atoms with Gasteiger partial charge in [-0.15, -0.1) is 0 Å². The summed E-state index contributed by atoms with van der Waals surface area (Å²) in [6.45, 7) is 2.76. The molecule has 1 aromatic heterocycles. The highest BCUT2D eigenvalue weighted by Crippen LogP contribution is 2.34. The fraction of sp³-hybridized carbons (Fsp3) is 0.286. The number of hydrogen-bond acceptors (Lipinski definition) is 3. The number of hydroxylamine groups is 2. The molecule has 0 aliphatic carbocycles. The number of hydrogen-bond donors (Lipinski definition) is 1. The van der Waals surface area contributed by atoms with Crippen LogP contribution in [0.1, 0.15) is 25.3 Å². The van der Waals surface area contributed by atoms with Crippen molar-refractivity contribution >= 4 is 16.7 Å². The average molecular weight is 229 g/mol. The fourth-order valence-corrected chi connectivity index (χ4v) is 2.47. The standard InChI is InChI=1S/C14H15NO2/c1-10-5-4-8-15(16)14(10)12-9-17-13-7-3-2-6-11(12)13/h2-3,6-7,9,16H,4-5,8H2,1H3. The summed E-state index contributed by atoms with van der Waals surface area (Å²) in [6.07, 6.45) is 3.77. The van der Waals surface area contributed by atoms with Crippen LogP contribution in [0.2, 0.25) is 0 Å². The first-order chi connectivity index (χ1) is 8.27. The molecule has 17 heavy (non-hydrogen) atoms. The van der Waals surface area contributed by atoms with Crippen LogP contribution in [-0.4, -0.2) is 16.8 Å². The van der Waals surface area contributed by atoms with E-state index in [0.29, 0.717) is 6.54 Å². The second-order valence-electron chi connectivity index (χ2n) is 4.50. The normalized spacial score (nSPS) is 16.9. The van der Waals surface area contributed by atoms with Gasteiger partial charge in [-0.25, -0.2) is 0 Å². The van der Waals surface area contributed by atoms with Crippen LogP contribution in [-0.2, 0) is 0 Å². The molecule has 0 bridgehead atoms. The predicted octanol–water partition coefficient (Wildman–Crippen LogP) is 3.65. The minimum atomic E-state index is 0.687.